The van der Waals surface area contributed by atoms with Crippen molar-refractivity contribution in [3.05, 3.63) is 125 Å². The van der Waals surface area contributed by atoms with Crippen molar-refractivity contribution in [1.82, 2.24) is 4.98 Å². The van der Waals surface area contributed by atoms with Crippen LogP contribution in [0, 0.1) is 13.8 Å². The maximum absolute atomic E-state index is 13.7. The van der Waals surface area contributed by atoms with Crippen molar-refractivity contribution < 1.29 is 9.53 Å². The number of nitrogens with zero attached hydrogens (tertiary/aromatic N) is 1. The molecule has 0 fully saturated rings. The minimum Gasteiger partial charge on any atom is -0.487 e. The highest BCUT2D eigenvalue weighted by molar-refractivity contribution is 6.06. The lowest BCUT2D eigenvalue weighted by Crippen LogP contribution is -2.39. The molecule has 4 aromatic rings. The number of carbonyl (C=O) groups excluding carboxylic acids is 1. The molecule has 4 nitrogen and oxygen atoms in total. The van der Waals surface area contributed by atoms with Gasteiger partial charge in [0.15, 0.2) is 0 Å². The smallest absolute Gasteiger partial charge is 0.237 e. The second kappa shape index (κ2) is 9.14. The normalized spacial score (nSPS) is 13.9. The number of anilines is 1. The van der Waals surface area contributed by atoms with Gasteiger partial charge in [-0.05, 0) is 43.4 Å². The molecule has 0 saturated heterocycles. The molecular formula is C30H28N2O2. The van der Waals surface area contributed by atoms with E-state index in [4.69, 9.17) is 9.72 Å². The number of rotatable bonds is 7. The van der Waals surface area contributed by atoms with Crippen LogP contribution < -0.4 is 10.1 Å². The summed E-state index contributed by atoms with van der Waals surface area (Å²) in [6.07, 6.45) is 1.18. The lowest BCUT2D eigenvalue weighted by atomic mass is 9.71. The maximum Gasteiger partial charge on any atom is 0.237 e. The molecule has 0 atom stereocenters. The lowest BCUT2D eigenvalue weighted by Gasteiger charge is -2.30. The first-order valence-electron chi connectivity index (χ1n) is 11.6. The van der Waals surface area contributed by atoms with Crippen LogP contribution >= 0.6 is 0 Å². The Kier molecular flexibility index (Phi) is 5.89. The van der Waals surface area contributed by atoms with Crippen molar-refractivity contribution in [2.75, 3.05) is 5.32 Å². The number of aryl methyl sites for hydroxylation is 1. The fraction of sp³-hybridized carbons (Fsp3) is 0.200. The Bertz CT molecular complexity index is 1260. The molecule has 170 valence electrons. The third-order valence-corrected chi connectivity index (χ3v) is 6.63. The molecule has 0 spiro atoms. The van der Waals surface area contributed by atoms with Crippen LogP contribution in [-0.2, 0) is 29.7 Å². The predicted molar refractivity (Wildman–Crippen MR) is 135 cm³/mol. The molecule has 34 heavy (non-hydrogen) atoms. The summed E-state index contributed by atoms with van der Waals surface area (Å²) in [6.45, 7) is 4.45. The topological polar surface area (TPSA) is 51.2 Å². The minimum atomic E-state index is -0.770. The molecule has 0 bridgehead atoms. The summed E-state index contributed by atoms with van der Waals surface area (Å²) in [4.78, 5) is 18.5. The van der Waals surface area contributed by atoms with Gasteiger partial charge in [-0.3, -0.25) is 4.79 Å². The van der Waals surface area contributed by atoms with E-state index in [2.05, 4.69) is 36.5 Å². The van der Waals surface area contributed by atoms with Gasteiger partial charge >= 0.3 is 0 Å². The number of pyridine rings is 1. The van der Waals surface area contributed by atoms with Crippen LogP contribution in [0.1, 0.15) is 33.5 Å². The Labute approximate surface area is 200 Å². The van der Waals surface area contributed by atoms with Crippen LogP contribution in [0.4, 0.5) is 5.82 Å². The fourth-order valence-corrected chi connectivity index (χ4v) is 5.08. The first-order valence-corrected chi connectivity index (χ1v) is 11.6. The van der Waals surface area contributed by atoms with Crippen molar-refractivity contribution >= 4 is 11.7 Å². The zero-order valence-electron chi connectivity index (χ0n) is 19.5. The van der Waals surface area contributed by atoms with Gasteiger partial charge in [-0.2, -0.15) is 0 Å². The molecule has 3 aromatic carbocycles. The van der Waals surface area contributed by atoms with Crippen LogP contribution in [0.15, 0.2) is 91.0 Å². The molecule has 0 radical (unpaired) electrons. The molecular weight excluding hydrogens is 420 g/mol. The number of hydrogen-bond donors (Lipinski definition) is 1. The molecule has 1 N–H and O–H groups in total. The number of ether oxygens (including phenoxy) is 1. The van der Waals surface area contributed by atoms with Gasteiger partial charge in [0.1, 0.15) is 18.2 Å². The van der Waals surface area contributed by atoms with Gasteiger partial charge in [-0.1, -0.05) is 91.0 Å². The molecule has 0 aliphatic carbocycles. The average Bonchev–Trinajstić information content (AvgIpc) is 3.11. The second-order valence-corrected chi connectivity index (χ2v) is 9.01. The van der Waals surface area contributed by atoms with E-state index < -0.39 is 5.41 Å². The third kappa shape index (κ3) is 4.08. The average molecular weight is 449 g/mol. The Morgan fingerprint density at radius 1 is 0.765 bits per heavy atom. The van der Waals surface area contributed by atoms with Crippen LogP contribution in [0.5, 0.6) is 5.75 Å². The number of carbonyl (C=O) groups is 1. The highest BCUT2D eigenvalue weighted by atomic mass is 16.5. The predicted octanol–water partition coefficient (Wildman–Crippen LogP) is 5.95. The van der Waals surface area contributed by atoms with E-state index >= 15 is 0 Å². The van der Waals surface area contributed by atoms with Gasteiger partial charge < -0.3 is 10.1 Å². The van der Waals surface area contributed by atoms with Crippen molar-refractivity contribution in [3.8, 4) is 5.75 Å². The monoisotopic (exact) mass is 448 g/mol. The highest BCUT2D eigenvalue weighted by Gasteiger charge is 2.49. The zero-order chi connectivity index (χ0) is 23.5. The molecule has 1 aromatic heterocycles. The number of hydrogen-bond acceptors (Lipinski definition) is 3. The van der Waals surface area contributed by atoms with Gasteiger partial charge in [-0.25, -0.2) is 4.98 Å². The number of amides is 1. The number of aromatic nitrogens is 1. The van der Waals surface area contributed by atoms with E-state index in [0.717, 1.165) is 39.3 Å². The molecule has 1 aliphatic heterocycles. The summed E-state index contributed by atoms with van der Waals surface area (Å²) < 4.78 is 6.31. The van der Waals surface area contributed by atoms with Crippen LogP contribution in [-0.4, -0.2) is 10.9 Å². The molecule has 0 saturated carbocycles. The standard InChI is InChI=1S/C30H28N2O2/c1-21-26-28(31-22(2)27(21)34-20-25-16-10-5-11-17-25)32-29(33)30(26,18-23-12-6-3-7-13-23)19-24-14-8-4-9-15-24/h3-17H,18-20H2,1-2H3,(H,31,32,33). The molecule has 1 aliphatic rings. The summed E-state index contributed by atoms with van der Waals surface area (Å²) in [7, 11) is 0. The van der Waals surface area contributed by atoms with Crippen molar-refractivity contribution in [2.24, 2.45) is 0 Å². The van der Waals surface area contributed by atoms with Crippen molar-refractivity contribution in [1.29, 1.82) is 0 Å². The van der Waals surface area contributed by atoms with Gasteiger partial charge in [0, 0.05) is 11.1 Å². The Morgan fingerprint density at radius 2 is 1.26 bits per heavy atom. The quantitative estimate of drug-likeness (QED) is 0.380. The lowest BCUT2D eigenvalue weighted by molar-refractivity contribution is -0.120. The molecule has 0 unspecified atom stereocenters. The number of fused-ring (bicyclic) bond motifs is 1. The first kappa shape index (κ1) is 21.9. The van der Waals surface area contributed by atoms with E-state index in [9.17, 15) is 4.79 Å². The van der Waals surface area contributed by atoms with E-state index in [1.807, 2.05) is 73.7 Å². The SMILES string of the molecule is Cc1nc2c(c(C)c1OCc1ccccc1)C(Cc1ccccc1)(Cc1ccccc1)C(=O)N2. The van der Waals surface area contributed by atoms with Crippen LogP contribution in [0.3, 0.4) is 0 Å². The highest BCUT2D eigenvalue weighted by Crippen LogP contribution is 2.46. The third-order valence-electron chi connectivity index (χ3n) is 6.63. The van der Waals surface area contributed by atoms with Gasteiger partial charge in [0.2, 0.25) is 5.91 Å². The van der Waals surface area contributed by atoms with Gasteiger partial charge in [-0.15, -0.1) is 0 Å². The zero-order valence-corrected chi connectivity index (χ0v) is 19.5. The van der Waals surface area contributed by atoms with Gasteiger partial charge in [0.25, 0.3) is 0 Å². The Hall–Kier alpha value is -3.92. The maximum atomic E-state index is 13.7. The summed E-state index contributed by atoms with van der Waals surface area (Å²) >= 11 is 0. The largest absolute Gasteiger partial charge is 0.487 e. The number of benzene rings is 3. The fourth-order valence-electron chi connectivity index (χ4n) is 5.08. The first-order chi connectivity index (χ1) is 16.6. The number of nitrogens with one attached hydrogen (secondary N) is 1. The summed E-state index contributed by atoms with van der Waals surface area (Å²) in [5.41, 5.74) is 5.26. The van der Waals surface area contributed by atoms with Crippen LogP contribution in [0.25, 0.3) is 0 Å². The van der Waals surface area contributed by atoms with Gasteiger partial charge in [0.05, 0.1) is 11.1 Å². The molecule has 2 heterocycles. The van der Waals surface area contributed by atoms with Crippen molar-refractivity contribution in [3.63, 3.8) is 0 Å². The van der Waals surface area contributed by atoms with E-state index in [-0.39, 0.29) is 5.91 Å². The summed E-state index contributed by atoms with van der Waals surface area (Å²) in [5, 5.41) is 3.11. The molecule has 1 amide bonds. The molecule has 4 heteroatoms. The Balaban J connectivity index is 1.61. The summed E-state index contributed by atoms with van der Waals surface area (Å²) in [5.74, 6) is 1.40. The van der Waals surface area contributed by atoms with Crippen LogP contribution in [0.2, 0.25) is 0 Å². The Morgan fingerprint density at radius 3 is 1.79 bits per heavy atom. The minimum absolute atomic E-state index is 0.00887. The summed E-state index contributed by atoms with van der Waals surface area (Å²) in [6, 6.07) is 30.5. The van der Waals surface area contributed by atoms with E-state index in [1.54, 1.807) is 0 Å². The molecule has 5 rings (SSSR count). The van der Waals surface area contributed by atoms with E-state index in [0.29, 0.717) is 25.3 Å². The van der Waals surface area contributed by atoms with Crippen molar-refractivity contribution in [2.45, 2.75) is 38.7 Å². The van der Waals surface area contributed by atoms with E-state index in [1.165, 1.54) is 0 Å². The second-order valence-electron chi connectivity index (χ2n) is 9.01.